The summed E-state index contributed by atoms with van der Waals surface area (Å²) in [4.78, 5) is 4.38. The smallest absolute Gasteiger partial charge is 0.104 e. The molecular formula is C26H28N4O. The lowest BCUT2D eigenvalue weighted by Crippen LogP contribution is -2.49. The third-order valence-electron chi connectivity index (χ3n) is 5.90. The molecule has 3 aromatic carbocycles. The maximum absolute atomic E-state index is 9.82. The SMILES string of the molecule is CC(O)N1CCN(c2ccc(C#N)c(NC(c3ccccc3)c3ccccc3)c2)CC1. The zero-order valence-corrected chi connectivity index (χ0v) is 17.8. The molecule has 158 valence electrons. The van der Waals surface area contributed by atoms with Crippen molar-refractivity contribution in [1.29, 1.82) is 5.26 Å². The second-order valence-corrected chi connectivity index (χ2v) is 7.90. The molecule has 5 nitrogen and oxygen atoms in total. The van der Waals surface area contributed by atoms with Crippen LogP contribution in [0, 0.1) is 11.3 Å². The first kappa shape index (κ1) is 20.9. The van der Waals surface area contributed by atoms with Crippen LogP contribution in [-0.4, -0.2) is 42.4 Å². The van der Waals surface area contributed by atoms with Crippen LogP contribution in [0.25, 0.3) is 0 Å². The van der Waals surface area contributed by atoms with E-state index in [1.54, 1.807) is 0 Å². The lowest BCUT2D eigenvalue weighted by molar-refractivity contribution is 0.0153. The van der Waals surface area contributed by atoms with Crippen LogP contribution in [-0.2, 0) is 0 Å². The summed E-state index contributed by atoms with van der Waals surface area (Å²) in [6, 6.07) is 28.9. The van der Waals surface area contributed by atoms with Gasteiger partial charge in [0.2, 0.25) is 0 Å². The molecule has 5 heteroatoms. The van der Waals surface area contributed by atoms with Gasteiger partial charge in [0, 0.05) is 31.9 Å². The molecule has 0 bridgehead atoms. The monoisotopic (exact) mass is 412 g/mol. The van der Waals surface area contributed by atoms with E-state index in [1.807, 2.05) is 55.5 Å². The Balaban J connectivity index is 1.63. The number of nitrogens with zero attached hydrogens (tertiary/aromatic N) is 3. The van der Waals surface area contributed by atoms with Gasteiger partial charge in [-0.1, -0.05) is 60.7 Å². The van der Waals surface area contributed by atoms with E-state index >= 15 is 0 Å². The van der Waals surface area contributed by atoms with E-state index in [4.69, 9.17) is 0 Å². The Morgan fingerprint density at radius 2 is 1.45 bits per heavy atom. The molecule has 0 amide bonds. The van der Waals surface area contributed by atoms with Crippen molar-refractivity contribution in [2.45, 2.75) is 19.2 Å². The molecule has 1 saturated heterocycles. The Morgan fingerprint density at radius 3 is 1.97 bits per heavy atom. The summed E-state index contributed by atoms with van der Waals surface area (Å²) in [7, 11) is 0. The molecule has 1 aliphatic rings. The summed E-state index contributed by atoms with van der Waals surface area (Å²) in [6.45, 7) is 5.13. The third kappa shape index (κ3) is 4.88. The van der Waals surface area contributed by atoms with Crippen LogP contribution in [0.15, 0.2) is 78.9 Å². The highest BCUT2D eigenvalue weighted by molar-refractivity contribution is 5.67. The van der Waals surface area contributed by atoms with E-state index in [0.717, 1.165) is 48.7 Å². The van der Waals surface area contributed by atoms with Crippen LogP contribution in [0.1, 0.15) is 29.7 Å². The zero-order valence-electron chi connectivity index (χ0n) is 17.8. The van der Waals surface area contributed by atoms with Crippen LogP contribution in [0.5, 0.6) is 0 Å². The molecule has 1 fully saturated rings. The predicted molar refractivity (Wildman–Crippen MR) is 125 cm³/mol. The number of rotatable bonds is 6. The van der Waals surface area contributed by atoms with Crippen molar-refractivity contribution in [3.8, 4) is 6.07 Å². The third-order valence-corrected chi connectivity index (χ3v) is 5.90. The van der Waals surface area contributed by atoms with Gasteiger partial charge in [0.05, 0.1) is 17.3 Å². The second kappa shape index (κ2) is 9.65. The number of hydrogen-bond acceptors (Lipinski definition) is 5. The van der Waals surface area contributed by atoms with Crippen LogP contribution in [0.3, 0.4) is 0 Å². The average molecular weight is 413 g/mol. The van der Waals surface area contributed by atoms with E-state index < -0.39 is 6.23 Å². The van der Waals surface area contributed by atoms with Gasteiger partial charge in [-0.05, 0) is 36.2 Å². The van der Waals surface area contributed by atoms with E-state index in [9.17, 15) is 10.4 Å². The number of piperazine rings is 1. The Kier molecular flexibility index (Phi) is 6.51. The molecule has 1 unspecified atom stereocenters. The van der Waals surface area contributed by atoms with E-state index in [-0.39, 0.29) is 6.04 Å². The number of benzene rings is 3. The largest absolute Gasteiger partial charge is 0.379 e. The van der Waals surface area contributed by atoms with Crippen molar-refractivity contribution >= 4 is 11.4 Å². The quantitative estimate of drug-likeness (QED) is 0.635. The fraction of sp³-hybridized carbons (Fsp3) is 0.269. The van der Waals surface area contributed by atoms with Gasteiger partial charge in [0.15, 0.2) is 0 Å². The van der Waals surface area contributed by atoms with Gasteiger partial charge >= 0.3 is 0 Å². The van der Waals surface area contributed by atoms with Crippen LogP contribution >= 0.6 is 0 Å². The maximum Gasteiger partial charge on any atom is 0.104 e. The van der Waals surface area contributed by atoms with E-state index in [1.165, 1.54) is 0 Å². The summed E-state index contributed by atoms with van der Waals surface area (Å²) < 4.78 is 0. The van der Waals surface area contributed by atoms with Crippen LogP contribution in [0.2, 0.25) is 0 Å². The minimum Gasteiger partial charge on any atom is -0.379 e. The van der Waals surface area contributed by atoms with Crippen molar-refractivity contribution in [1.82, 2.24) is 4.90 Å². The van der Waals surface area contributed by atoms with Crippen molar-refractivity contribution in [3.63, 3.8) is 0 Å². The number of nitrogens with one attached hydrogen (secondary N) is 1. The van der Waals surface area contributed by atoms with Crippen molar-refractivity contribution in [2.24, 2.45) is 0 Å². The Bertz CT molecular complexity index is 983. The summed E-state index contributed by atoms with van der Waals surface area (Å²) in [5.74, 6) is 0. The Labute approximate surface area is 184 Å². The predicted octanol–water partition coefficient (Wildman–Crippen LogP) is 4.22. The zero-order chi connectivity index (χ0) is 21.6. The average Bonchev–Trinajstić information content (AvgIpc) is 2.83. The summed E-state index contributed by atoms with van der Waals surface area (Å²) >= 11 is 0. The highest BCUT2D eigenvalue weighted by atomic mass is 16.3. The Morgan fingerprint density at radius 1 is 0.871 bits per heavy atom. The van der Waals surface area contributed by atoms with Gasteiger partial charge in [-0.15, -0.1) is 0 Å². The first-order valence-corrected chi connectivity index (χ1v) is 10.7. The van der Waals surface area contributed by atoms with Crippen molar-refractivity contribution in [2.75, 3.05) is 36.4 Å². The molecule has 0 aromatic heterocycles. The summed E-state index contributed by atoms with van der Waals surface area (Å²) in [6.07, 6.45) is -0.419. The molecular weight excluding hydrogens is 384 g/mol. The molecule has 4 rings (SSSR count). The molecule has 1 heterocycles. The fourth-order valence-corrected chi connectivity index (χ4v) is 4.11. The van der Waals surface area contributed by atoms with E-state index in [0.29, 0.717) is 5.56 Å². The first-order valence-electron chi connectivity index (χ1n) is 10.7. The number of hydrogen-bond donors (Lipinski definition) is 2. The molecule has 0 aliphatic carbocycles. The summed E-state index contributed by atoms with van der Waals surface area (Å²) in [5.41, 5.74) is 4.84. The number of anilines is 2. The number of nitriles is 1. The van der Waals surface area contributed by atoms with Gasteiger partial charge < -0.3 is 15.3 Å². The van der Waals surface area contributed by atoms with Gasteiger partial charge in [-0.25, -0.2) is 0 Å². The van der Waals surface area contributed by atoms with Crippen LogP contribution < -0.4 is 10.2 Å². The van der Waals surface area contributed by atoms with Gasteiger partial charge in [-0.2, -0.15) is 5.26 Å². The van der Waals surface area contributed by atoms with Gasteiger partial charge in [0.25, 0.3) is 0 Å². The fourth-order valence-electron chi connectivity index (χ4n) is 4.11. The normalized spacial score (nSPS) is 15.5. The maximum atomic E-state index is 9.82. The second-order valence-electron chi connectivity index (χ2n) is 7.90. The van der Waals surface area contributed by atoms with Crippen LogP contribution in [0.4, 0.5) is 11.4 Å². The highest BCUT2D eigenvalue weighted by Gasteiger charge is 2.21. The van der Waals surface area contributed by atoms with Crippen molar-refractivity contribution < 1.29 is 5.11 Å². The lowest BCUT2D eigenvalue weighted by atomic mass is 9.98. The van der Waals surface area contributed by atoms with Gasteiger partial charge in [-0.3, -0.25) is 4.90 Å². The lowest BCUT2D eigenvalue weighted by Gasteiger charge is -2.37. The molecule has 2 N–H and O–H groups in total. The molecule has 0 saturated carbocycles. The molecule has 31 heavy (non-hydrogen) atoms. The number of aliphatic hydroxyl groups excluding tert-OH is 1. The summed E-state index contributed by atoms with van der Waals surface area (Å²) in [5, 5.41) is 23.2. The van der Waals surface area contributed by atoms with Gasteiger partial charge in [0.1, 0.15) is 12.3 Å². The molecule has 0 spiro atoms. The molecule has 3 aromatic rings. The topological polar surface area (TPSA) is 62.5 Å². The van der Waals surface area contributed by atoms with Crippen molar-refractivity contribution in [3.05, 3.63) is 95.6 Å². The molecule has 1 aliphatic heterocycles. The molecule has 1 atom stereocenters. The first-order chi connectivity index (χ1) is 15.2. The standard InChI is InChI=1S/C26H28N4O/c1-20(31)29-14-16-30(17-15-29)24-13-12-23(19-27)25(18-24)28-26(21-8-4-2-5-9-21)22-10-6-3-7-11-22/h2-13,18,20,26,28,31H,14-17H2,1H3. The number of aliphatic hydroxyl groups is 1. The minimum atomic E-state index is -0.419. The Hall–Kier alpha value is -3.33. The van der Waals surface area contributed by atoms with E-state index in [2.05, 4.69) is 51.5 Å². The highest BCUT2D eigenvalue weighted by Crippen LogP contribution is 2.31. The molecule has 0 radical (unpaired) electrons. The minimum absolute atomic E-state index is 0.0585.